The first kappa shape index (κ1) is 15.6. The Bertz CT molecular complexity index is 483. The molecule has 0 saturated heterocycles. The Hall–Kier alpha value is -1.80. The molecule has 0 aliphatic rings. The molecule has 2 rings (SSSR count). The van der Waals surface area contributed by atoms with Crippen LogP contribution in [-0.4, -0.2) is 18.2 Å². The van der Waals surface area contributed by atoms with Gasteiger partial charge in [0.2, 0.25) is 0 Å². The first-order valence-corrected chi connectivity index (χ1v) is 7.71. The number of nitrogens with one attached hydrogen (secondary N) is 1. The van der Waals surface area contributed by atoms with Gasteiger partial charge in [0, 0.05) is 0 Å². The van der Waals surface area contributed by atoms with Gasteiger partial charge in [0.15, 0.2) is 0 Å². The van der Waals surface area contributed by atoms with Gasteiger partial charge in [-0.25, -0.2) is 0 Å². The third-order valence-electron chi connectivity index (χ3n) is 3.79. The van der Waals surface area contributed by atoms with Crippen LogP contribution < -0.4 is 5.32 Å². The molecule has 0 bridgehead atoms. The number of phenolic OH excluding ortho intramolecular Hbond substituents is 1. The van der Waals surface area contributed by atoms with Crippen LogP contribution in [0.1, 0.15) is 23.6 Å². The second-order valence-corrected chi connectivity index (χ2v) is 5.73. The predicted molar refractivity (Wildman–Crippen MR) is 88.7 cm³/mol. The van der Waals surface area contributed by atoms with Crippen molar-refractivity contribution in [2.75, 3.05) is 13.1 Å². The summed E-state index contributed by atoms with van der Waals surface area (Å²) >= 11 is 0. The minimum absolute atomic E-state index is 0.334. The molecule has 0 fully saturated rings. The van der Waals surface area contributed by atoms with E-state index in [9.17, 15) is 5.11 Å². The molecule has 0 aromatic heterocycles. The molecular weight excluding hydrogens is 258 g/mol. The fourth-order valence-electron chi connectivity index (χ4n) is 2.59. The van der Waals surface area contributed by atoms with Gasteiger partial charge in [-0.15, -0.1) is 0 Å². The van der Waals surface area contributed by atoms with Crippen LogP contribution in [0.2, 0.25) is 0 Å². The summed E-state index contributed by atoms with van der Waals surface area (Å²) in [7, 11) is 0. The second-order valence-electron chi connectivity index (χ2n) is 5.73. The smallest absolute Gasteiger partial charge is 0.115 e. The SMILES string of the molecule is CCNCC(Cc1ccc(C)cc1)Cc1ccc(O)cc1. The molecule has 1 atom stereocenters. The van der Waals surface area contributed by atoms with Gasteiger partial charge in [0.1, 0.15) is 5.75 Å². The number of phenols is 1. The Labute approximate surface area is 127 Å². The van der Waals surface area contributed by atoms with E-state index in [2.05, 4.69) is 43.4 Å². The molecule has 2 N–H and O–H groups in total. The number of hydrogen-bond donors (Lipinski definition) is 2. The van der Waals surface area contributed by atoms with Gasteiger partial charge in [-0.1, -0.05) is 48.9 Å². The summed E-state index contributed by atoms with van der Waals surface area (Å²) in [5, 5.41) is 12.8. The molecule has 2 aromatic rings. The molecule has 0 radical (unpaired) electrons. The van der Waals surface area contributed by atoms with Crippen molar-refractivity contribution in [3.8, 4) is 5.75 Å². The van der Waals surface area contributed by atoms with Crippen LogP contribution in [-0.2, 0) is 12.8 Å². The van der Waals surface area contributed by atoms with Crippen molar-refractivity contribution in [3.63, 3.8) is 0 Å². The zero-order valence-corrected chi connectivity index (χ0v) is 13.0. The molecule has 0 heterocycles. The van der Waals surface area contributed by atoms with Crippen molar-refractivity contribution in [1.29, 1.82) is 0 Å². The van der Waals surface area contributed by atoms with E-state index in [1.165, 1.54) is 16.7 Å². The number of benzene rings is 2. The van der Waals surface area contributed by atoms with E-state index in [0.717, 1.165) is 25.9 Å². The highest BCUT2D eigenvalue weighted by Crippen LogP contribution is 2.17. The van der Waals surface area contributed by atoms with E-state index >= 15 is 0 Å². The summed E-state index contributed by atoms with van der Waals surface area (Å²) in [4.78, 5) is 0. The highest BCUT2D eigenvalue weighted by atomic mass is 16.3. The van der Waals surface area contributed by atoms with Crippen LogP contribution in [0.3, 0.4) is 0 Å². The summed E-state index contributed by atoms with van der Waals surface area (Å²) in [5.41, 5.74) is 3.98. The fraction of sp³-hybridized carbons (Fsp3) is 0.368. The quantitative estimate of drug-likeness (QED) is 0.812. The third-order valence-corrected chi connectivity index (χ3v) is 3.79. The summed E-state index contributed by atoms with van der Waals surface area (Å²) in [6, 6.07) is 16.4. The highest BCUT2D eigenvalue weighted by molar-refractivity contribution is 5.27. The minimum Gasteiger partial charge on any atom is -0.508 e. The lowest BCUT2D eigenvalue weighted by Crippen LogP contribution is -2.25. The predicted octanol–water partition coefficient (Wildman–Crippen LogP) is 3.71. The topological polar surface area (TPSA) is 32.3 Å². The minimum atomic E-state index is 0.334. The van der Waals surface area contributed by atoms with E-state index in [1.807, 2.05) is 12.1 Å². The lowest BCUT2D eigenvalue weighted by Gasteiger charge is -2.18. The van der Waals surface area contributed by atoms with Gasteiger partial charge in [0.25, 0.3) is 0 Å². The van der Waals surface area contributed by atoms with Gasteiger partial charge in [-0.3, -0.25) is 0 Å². The number of aromatic hydroxyl groups is 1. The number of rotatable bonds is 7. The van der Waals surface area contributed by atoms with Gasteiger partial charge in [0.05, 0.1) is 0 Å². The lowest BCUT2D eigenvalue weighted by molar-refractivity contribution is 0.470. The van der Waals surface area contributed by atoms with Crippen molar-refractivity contribution in [1.82, 2.24) is 5.32 Å². The van der Waals surface area contributed by atoms with E-state index in [-0.39, 0.29) is 0 Å². The molecule has 0 aliphatic heterocycles. The zero-order valence-electron chi connectivity index (χ0n) is 13.0. The van der Waals surface area contributed by atoms with Crippen molar-refractivity contribution >= 4 is 0 Å². The third kappa shape index (κ3) is 5.24. The molecular formula is C19H25NO. The molecule has 21 heavy (non-hydrogen) atoms. The van der Waals surface area contributed by atoms with Crippen molar-refractivity contribution in [3.05, 3.63) is 65.2 Å². The van der Waals surface area contributed by atoms with Gasteiger partial charge in [-0.05, 0) is 62.0 Å². The van der Waals surface area contributed by atoms with Crippen LogP contribution >= 0.6 is 0 Å². The molecule has 2 heteroatoms. The molecule has 0 aliphatic carbocycles. The first-order chi connectivity index (χ1) is 10.2. The van der Waals surface area contributed by atoms with Crippen molar-refractivity contribution < 1.29 is 5.11 Å². The Morgan fingerprint density at radius 1 is 0.905 bits per heavy atom. The maximum Gasteiger partial charge on any atom is 0.115 e. The van der Waals surface area contributed by atoms with Crippen LogP contribution in [0.5, 0.6) is 5.75 Å². The van der Waals surface area contributed by atoms with Gasteiger partial charge >= 0.3 is 0 Å². The summed E-state index contributed by atoms with van der Waals surface area (Å²) in [5.74, 6) is 0.901. The maximum absolute atomic E-state index is 9.38. The Kier molecular flexibility index (Phi) is 5.82. The number of hydrogen-bond acceptors (Lipinski definition) is 2. The maximum atomic E-state index is 9.38. The normalized spacial score (nSPS) is 12.3. The van der Waals surface area contributed by atoms with Crippen molar-refractivity contribution in [2.24, 2.45) is 5.92 Å². The molecule has 2 aromatic carbocycles. The Morgan fingerprint density at radius 3 is 1.95 bits per heavy atom. The monoisotopic (exact) mass is 283 g/mol. The van der Waals surface area contributed by atoms with Crippen LogP contribution in [0.4, 0.5) is 0 Å². The summed E-state index contributed by atoms with van der Waals surface area (Å²) in [6.07, 6.45) is 2.11. The van der Waals surface area contributed by atoms with E-state index in [4.69, 9.17) is 0 Å². The molecule has 0 amide bonds. The molecule has 1 unspecified atom stereocenters. The van der Waals surface area contributed by atoms with Crippen LogP contribution in [0.25, 0.3) is 0 Å². The molecule has 0 saturated carbocycles. The first-order valence-electron chi connectivity index (χ1n) is 7.71. The lowest BCUT2D eigenvalue weighted by atomic mass is 9.92. The zero-order chi connectivity index (χ0) is 15.1. The average molecular weight is 283 g/mol. The highest BCUT2D eigenvalue weighted by Gasteiger charge is 2.10. The van der Waals surface area contributed by atoms with Crippen LogP contribution in [0, 0.1) is 12.8 Å². The van der Waals surface area contributed by atoms with Crippen molar-refractivity contribution in [2.45, 2.75) is 26.7 Å². The number of aryl methyl sites for hydroxylation is 1. The van der Waals surface area contributed by atoms with Crippen LogP contribution in [0.15, 0.2) is 48.5 Å². The van der Waals surface area contributed by atoms with Gasteiger partial charge in [-0.2, -0.15) is 0 Å². The molecule has 112 valence electrons. The van der Waals surface area contributed by atoms with Gasteiger partial charge < -0.3 is 10.4 Å². The standard InChI is InChI=1S/C19H25NO/c1-3-20-14-18(12-16-6-4-15(2)5-7-16)13-17-8-10-19(21)11-9-17/h4-11,18,20-21H,3,12-14H2,1-2H3. The summed E-state index contributed by atoms with van der Waals surface area (Å²) < 4.78 is 0. The molecule has 0 spiro atoms. The molecule has 2 nitrogen and oxygen atoms in total. The largest absolute Gasteiger partial charge is 0.508 e. The second kappa shape index (κ2) is 7.84. The van der Waals surface area contributed by atoms with E-state index in [0.29, 0.717) is 11.7 Å². The summed E-state index contributed by atoms with van der Waals surface area (Å²) in [6.45, 7) is 6.28. The Balaban J connectivity index is 2.02. The fourth-order valence-corrected chi connectivity index (χ4v) is 2.59. The van der Waals surface area contributed by atoms with E-state index < -0.39 is 0 Å². The van der Waals surface area contributed by atoms with E-state index in [1.54, 1.807) is 12.1 Å². The average Bonchev–Trinajstić information content (AvgIpc) is 2.49. The Morgan fingerprint density at radius 2 is 1.43 bits per heavy atom.